The van der Waals surface area contributed by atoms with Crippen molar-refractivity contribution in [1.82, 2.24) is 4.90 Å². The Hall–Kier alpha value is -0.530. The highest BCUT2D eigenvalue weighted by Crippen LogP contribution is 2.29. The van der Waals surface area contributed by atoms with Crippen molar-refractivity contribution in [2.24, 2.45) is 5.41 Å². The third kappa shape index (κ3) is 2.04. The van der Waals surface area contributed by atoms with Gasteiger partial charge in [-0.25, -0.2) is 0 Å². The number of carbonyl (C=O) groups excluding carboxylic acids is 1. The number of carbonyl (C=O) groups is 1. The molecule has 1 amide bonds. The molecule has 0 saturated carbocycles. The highest BCUT2D eigenvalue weighted by Gasteiger charge is 2.36. The minimum Gasteiger partial charge on any atom is -0.337 e. The second-order valence-corrected chi connectivity index (χ2v) is 5.24. The van der Waals surface area contributed by atoms with Gasteiger partial charge in [-0.15, -0.1) is 0 Å². The number of hydrogen-bond acceptors (Lipinski definition) is 1. The van der Waals surface area contributed by atoms with Gasteiger partial charge in [-0.3, -0.25) is 4.79 Å². The maximum Gasteiger partial charge on any atom is 0.228 e. The lowest BCUT2D eigenvalue weighted by atomic mass is 9.94. The zero-order valence-electron chi connectivity index (χ0n) is 9.42. The molecule has 13 heavy (non-hydrogen) atoms. The van der Waals surface area contributed by atoms with Crippen LogP contribution in [0.3, 0.4) is 0 Å². The summed E-state index contributed by atoms with van der Waals surface area (Å²) >= 11 is 0. The van der Waals surface area contributed by atoms with E-state index >= 15 is 0 Å². The number of rotatable bonds is 0. The second-order valence-electron chi connectivity index (χ2n) is 5.24. The lowest BCUT2D eigenvalue weighted by molar-refractivity contribution is -0.141. The molecule has 1 aliphatic heterocycles. The molecule has 1 heterocycles. The molecule has 0 aromatic carbocycles. The van der Waals surface area contributed by atoms with Gasteiger partial charge in [0.05, 0.1) is 0 Å². The van der Waals surface area contributed by atoms with Crippen LogP contribution in [-0.4, -0.2) is 22.9 Å². The highest BCUT2D eigenvalue weighted by atomic mass is 16.2. The average molecular weight is 183 g/mol. The summed E-state index contributed by atoms with van der Waals surface area (Å²) in [7, 11) is 0. The van der Waals surface area contributed by atoms with Crippen LogP contribution in [0, 0.1) is 5.41 Å². The van der Waals surface area contributed by atoms with Crippen LogP contribution in [0.2, 0.25) is 0 Å². The standard InChI is InChI=1S/C11H21NO/c1-8-6-7-9(2)12(8)10(13)11(3,4)5/h8-9H,6-7H2,1-5H3. The van der Waals surface area contributed by atoms with Gasteiger partial charge in [-0.05, 0) is 26.7 Å². The van der Waals surface area contributed by atoms with Crippen molar-refractivity contribution in [1.29, 1.82) is 0 Å². The molecular weight excluding hydrogens is 162 g/mol. The van der Waals surface area contributed by atoms with E-state index in [1.54, 1.807) is 0 Å². The first-order chi connectivity index (χ1) is 5.84. The third-order valence-corrected chi connectivity index (χ3v) is 2.83. The SMILES string of the molecule is CC1CCC(C)N1C(=O)C(C)(C)C. The zero-order chi connectivity index (χ0) is 10.2. The van der Waals surface area contributed by atoms with Gasteiger partial charge in [0.2, 0.25) is 5.91 Å². The van der Waals surface area contributed by atoms with Crippen LogP contribution in [-0.2, 0) is 4.79 Å². The van der Waals surface area contributed by atoms with E-state index in [0.717, 1.165) is 12.8 Å². The van der Waals surface area contributed by atoms with E-state index in [2.05, 4.69) is 18.7 Å². The molecule has 2 unspecified atom stereocenters. The van der Waals surface area contributed by atoms with Crippen molar-refractivity contribution in [2.45, 2.75) is 59.5 Å². The molecule has 2 nitrogen and oxygen atoms in total. The van der Waals surface area contributed by atoms with Crippen LogP contribution in [0.15, 0.2) is 0 Å². The molecule has 2 atom stereocenters. The van der Waals surface area contributed by atoms with Crippen molar-refractivity contribution in [3.05, 3.63) is 0 Å². The molecule has 2 heteroatoms. The highest BCUT2D eigenvalue weighted by molar-refractivity contribution is 5.82. The smallest absolute Gasteiger partial charge is 0.228 e. The van der Waals surface area contributed by atoms with Gasteiger partial charge in [0.25, 0.3) is 0 Å². The number of amides is 1. The van der Waals surface area contributed by atoms with Crippen LogP contribution in [0.4, 0.5) is 0 Å². The number of nitrogens with zero attached hydrogens (tertiary/aromatic N) is 1. The van der Waals surface area contributed by atoms with E-state index < -0.39 is 0 Å². The summed E-state index contributed by atoms with van der Waals surface area (Å²) in [5.74, 6) is 0.296. The average Bonchev–Trinajstić information content (AvgIpc) is 2.28. The van der Waals surface area contributed by atoms with Gasteiger partial charge in [-0.2, -0.15) is 0 Å². The molecule has 0 radical (unpaired) electrons. The van der Waals surface area contributed by atoms with Crippen LogP contribution < -0.4 is 0 Å². The Kier molecular flexibility index (Phi) is 2.69. The maximum atomic E-state index is 12.0. The largest absolute Gasteiger partial charge is 0.337 e. The Labute approximate surface area is 81.3 Å². The summed E-state index contributed by atoms with van der Waals surface area (Å²) in [4.78, 5) is 14.1. The second kappa shape index (κ2) is 3.32. The number of hydrogen-bond donors (Lipinski definition) is 0. The van der Waals surface area contributed by atoms with Crippen molar-refractivity contribution < 1.29 is 4.79 Å². The number of likely N-dealkylation sites (tertiary alicyclic amines) is 1. The van der Waals surface area contributed by atoms with E-state index in [1.165, 1.54) is 0 Å². The predicted octanol–water partition coefficient (Wildman–Crippen LogP) is 2.43. The maximum absolute atomic E-state index is 12.0. The summed E-state index contributed by atoms with van der Waals surface area (Å²) < 4.78 is 0. The fraction of sp³-hybridized carbons (Fsp3) is 0.909. The van der Waals surface area contributed by atoms with Crippen LogP contribution in [0.5, 0.6) is 0 Å². The van der Waals surface area contributed by atoms with E-state index in [9.17, 15) is 4.79 Å². The molecule has 1 aliphatic rings. The third-order valence-electron chi connectivity index (χ3n) is 2.83. The lowest BCUT2D eigenvalue weighted by Crippen LogP contribution is -2.44. The van der Waals surface area contributed by atoms with E-state index in [0.29, 0.717) is 18.0 Å². The molecule has 0 N–H and O–H groups in total. The van der Waals surface area contributed by atoms with Gasteiger partial charge in [0, 0.05) is 17.5 Å². The van der Waals surface area contributed by atoms with Gasteiger partial charge in [0.1, 0.15) is 0 Å². The van der Waals surface area contributed by atoms with Gasteiger partial charge >= 0.3 is 0 Å². The van der Waals surface area contributed by atoms with E-state index in [4.69, 9.17) is 0 Å². The first-order valence-corrected chi connectivity index (χ1v) is 5.17. The summed E-state index contributed by atoms with van der Waals surface area (Å²) in [6.07, 6.45) is 2.31. The molecule has 0 aromatic heterocycles. The Bertz CT molecular complexity index is 195. The van der Waals surface area contributed by atoms with Crippen molar-refractivity contribution >= 4 is 5.91 Å². The van der Waals surface area contributed by atoms with Crippen molar-refractivity contribution in [3.63, 3.8) is 0 Å². The van der Waals surface area contributed by atoms with Gasteiger partial charge in [0.15, 0.2) is 0 Å². The Morgan fingerprint density at radius 3 is 1.85 bits per heavy atom. The van der Waals surface area contributed by atoms with Crippen molar-refractivity contribution in [2.75, 3.05) is 0 Å². The molecule has 1 rings (SSSR count). The Balaban J connectivity index is 2.76. The molecule has 1 saturated heterocycles. The fourth-order valence-electron chi connectivity index (χ4n) is 1.98. The monoisotopic (exact) mass is 183 g/mol. The summed E-state index contributed by atoms with van der Waals surface area (Å²) in [5.41, 5.74) is -0.229. The lowest BCUT2D eigenvalue weighted by Gasteiger charge is -2.32. The summed E-state index contributed by atoms with van der Waals surface area (Å²) in [6, 6.07) is 0.864. The molecule has 76 valence electrons. The minimum absolute atomic E-state index is 0.229. The molecule has 1 fully saturated rings. The molecule has 0 aliphatic carbocycles. The minimum atomic E-state index is -0.229. The van der Waals surface area contributed by atoms with Crippen LogP contribution in [0.25, 0.3) is 0 Å². The van der Waals surface area contributed by atoms with Crippen molar-refractivity contribution in [3.8, 4) is 0 Å². The molecule has 0 spiro atoms. The first-order valence-electron chi connectivity index (χ1n) is 5.17. The zero-order valence-corrected chi connectivity index (χ0v) is 9.42. The Morgan fingerprint density at radius 1 is 1.15 bits per heavy atom. The molecule has 0 bridgehead atoms. The summed E-state index contributed by atoms with van der Waals surface area (Å²) in [5, 5.41) is 0. The van der Waals surface area contributed by atoms with E-state index in [-0.39, 0.29) is 5.41 Å². The molecule has 0 aromatic rings. The topological polar surface area (TPSA) is 20.3 Å². The summed E-state index contributed by atoms with van der Waals surface area (Å²) in [6.45, 7) is 10.3. The Morgan fingerprint density at radius 2 is 1.54 bits per heavy atom. The van der Waals surface area contributed by atoms with Crippen LogP contribution in [0.1, 0.15) is 47.5 Å². The van der Waals surface area contributed by atoms with Gasteiger partial charge < -0.3 is 4.90 Å². The first kappa shape index (κ1) is 10.6. The fourth-order valence-corrected chi connectivity index (χ4v) is 1.98. The predicted molar refractivity (Wildman–Crippen MR) is 54.5 cm³/mol. The van der Waals surface area contributed by atoms with Crippen LogP contribution >= 0.6 is 0 Å². The normalized spacial score (nSPS) is 29.5. The molecular formula is C11H21NO. The van der Waals surface area contributed by atoms with E-state index in [1.807, 2.05) is 20.8 Å². The quantitative estimate of drug-likeness (QED) is 0.565. The van der Waals surface area contributed by atoms with Gasteiger partial charge in [-0.1, -0.05) is 20.8 Å².